The number of thioether (sulfide) groups is 1. The maximum absolute atomic E-state index is 12.0. The van der Waals surface area contributed by atoms with E-state index < -0.39 is 0 Å². The molecule has 0 unspecified atom stereocenters. The number of benzene rings is 2. The normalized spacial score (nSPS) is 10.5. The average Bonchev–Trinajstić information content (AvgIpc) is 3.10. The van der Waals surface area contributed by atoms with Crippen LogP contribution in [0.1, 0.15) is 5.56 Å². The topological polar surface area (TPSA) is 77.2 Å². The van der Waals surface area contributed by atoms with Crippen LogP contribution >= 0.6 is 11.8 Å². The first-order valence-electron chi connectivity index (χ1n) is 7.61. The smallest absolute Gasteiger partial charge is 0.277 e. The average molecular weight is 355 g/mol. The summed E-state index contributed by atoms with van der Waals surface area (Å²) >= 11 is 1.20. The van der Waals surface area contributed by atoms with Crippen molar-refractivity contribution >= 4 is 23.4 Å². The number of aromatic nitrogens is 2. The van der Waals surface area contributed by atoms with E-state index in [4.69, 9.17) is 9.15 Å². The molecule has 1 heterocycles. The Balaban J connectivity index is 1.55. The van der Waals surface area contributed by atoms with Crippen LogP contribution in [0.15, 0.2) is 58.2 Å². The number of carbonyl (C=O) groups is 1. The molecule has 0 aliphatic heterocycles. The van der Waals surface area contributed by atoms with E-state index in [1.54, 1.807) is 31.4 Å². The molecule has 1 amide bonds. The third-order valence-corrected chi connectivity index (χ3v) is 4.19. The van der Waals surface area contributed by atoms with Gasteiger partial charge in [0.15, 0.2) is 0 Å². The van der Waals surface area contributed by atoms with Crippen molar-refractivity contribution in [2.45, 2.75) is 12.1 Å². The van der Waals surface area contributed by atoms with Crippen LogP contribution in [0.2, 0.25) is 0 Å². The molecule has 1 N–H and O–H groups in total. The molecule has 3 rings (SSSR count). The summed E-state index contributed by atoms with van der Waals surface area (Å²) < 4.78 is 10.7. The van der Waals surface area contributed by atoms with Crippen LogP contribution in [-0.4, -0.2) is 29.0 Å². The second kappa shape index (κ2) is 7.85. The summed E-state index contributed by atoms with van der Waals surface area (Å²) in [5.74, 6) is 1.22. The molecule has 0 saturated carbocycles. The van der Waals surface area contributed by atoms with Gasteiger partial charge in [0.05, 0.1) is 12.9 Å². The largest absolute Gasteiger partial charge is 0.497 e. The fraction of sp³-hybridized carbons (Fsp3) is 0.167. The Hall–Kier alpha value is -2.80. The summed E-state index contributed by atoms with van der Waals surface area (Å²) in [5.41, 5.74) is 2.68. The summed E-state index contributed by atoms with van der Waals surface area (Å²) in [6.07, 6.45) is 0. The monoisotopic (exact) mass is 355 g/mol. The van der Waals surface area contributed by atoms with Crippen molar-refractivity contribution in [3.8, 4) is 17.2 Å². The predicted molar refractivity (Wildman–Crippen MR) is 96.8 cm³/mol. The number of ether oxygens (including phenoxy) is 1. The van der Waals surface area contributed by atoms with Crippen molar-refractivity contribution < 1.29 is 13.9 Å². The van der Waals surface area contributed by atoms with Gasteiger partial charge in [0.2, 0.25) is 11.8 Å². The molecule has 0 aliphatic rings. The Labute approximate surface area is 149 Å². The zero-order valence-electron chi connectivity index (χ0n) is 13.9. The maximum atomic E-state index is 12.0. The van der Waals surface area contributed by atoms with Gasteiger partial charge in [0, 0.05) is 11.3 Å². The number of nitrogens with one attached hydrogen (secondary N) is 1. The molecule has 2 aromatic carbocycles. The van der Waals surface area contributed by atoms with Crippen LogP contribution in [0.3, 0.4) is 0 Å². The van der Waals surface area contributed by atoms with Gasteiger partial charge in [-0.05, 0) is 43.3 Å². The van der Waals surface area contributed by atoms with Gasteiger partial charge >= 0.3 is 0 Å². The number of methoxy groups -OCH3 is 1. The fourth-order valence-corrected chi connectivity index (χ4v) is 2.72. The van der Waals surface area contributed by atoms with Crippen LogP contribution in [0.25, 0.3) is 11.5 Å². The molecule has 1 aromatic heterocycles. The molecule has 128 valence electrons. The first kappa shape index (κ1) is 17.0. The third kappa shape index (κ3) is 4.60. The number of nitrogens with zero attached hydrogens (tertiary/aromatic N) is 2. The first-order chi connectivity index (χ1) is 12.1. The highest BCUT2D eigenvalue weighted by Gasteiger charge is 2.11. The van der Waals surface area contributed by atoms with E-state index in [0.717, 1.165) is 16.9 Å². The van der Waals surface area contributed by atoms with E-state index in [-0.39, 0.29) is 11.7 Å². The molecular weight excluding hydrogens is 338 g/mol. The van der Waals surface area contributed by atoms with Crippen molar-refractivity contribution in [1.29, 1.82) is 0 Å². The zero-order valence-corrected chi connectivity index (χ0v) is 14.7. The number of rotatable bonds is 6. The van der Waals surface area contributed by atoms with E-state index >= 15 is 0 Å². The lowest BCUT2D eigenvalue weighted by Gasteiger charge is -2.05. The minimum absolute atomic E-state index is 0.148. The molecule has 6 nitrogen and oxygen atoms in total. The minimum atomic E-state index is -0.148. The lowest BCUT2D eigenvalue weighted by molar-refractivity contribution is -0.113. The van der Waals surface area contributed by atoms with E-state index in [0.29, 0.717) is 16.8 Å². The fourth-order valence-electron chi connectivity index (χ4n) is 2.16. The highest BCUT2D eigenvalue weighted by Crippen LogP contribution is 2.24. The van der Waals surface area contributed by atoms with Crippen LogP contribution in [0.5, 0.6) is 5.75 Å². The summed E-state index contributed by atoms with van der Waals surface area (Å²) in [4.78, 5) is 12.0. The number of carbonyl (C=O) groups excluding carboxylic acids is 1. The van der Waals surface area contributed by atoms with Crippen LogP contribution < -0.4 is 10.1 Å². The molecule has 0 aliphatic carbocycles. The predicted octanol–water partition coefficient (Wildman–Crippen LogP) is 3.78. The van der Waals surface area contributed by atoms with Crippen molar-refractivity contribution in [1.82, 2.24) is 10.2 Å². The highest BCUT2D eigenvalue weighted by molar-refractivity contribution is 7.99. The molecular formula is C18H17N3O3S. The van der Waals surface area contributed by atoms with E-state index in [1.807, 2.05) is 31.2 Å². The molecule has 0 saturated heterocycles. The van der Waals surface area contributed by atoms with Gasteiger partial charge in [-0.2, -0.15) is 0 Å². The number of amides is 1. The van der Waals surface area contributed by atoms with Gasteiger partial charge in [-0.3, -0.25) is 4.79 Å². The van der Waals surface area contributed by atoms with Gasteiger partial charge in [0.1, 0.15) is 5.75 Å². The Morgan fingerprint density at radius 1 is 1.20 bits per heavy atom. The SMILES string of the molecule is COc1ccc(NC(=O)CSc2nnc(-c3cccc(C)c3)o2)cc1. The first-order valence-corrected chi connectivity index (χ1v) is 8.60. The van der Waals surface area contributed by atoms with Crippen LogP contribution in [-0.2, 0) is 4.79 Å². The Bertz CT molecular complexity index is 862. The Morgan fingerprint density at radius 2 is 2.00 bits per heavy atom. The quantitative estimate of drug-likeness (QED) is 0.678. The molecule has 0 spiro atoms. The second-order valence-corrected chi connectivity index (χ2v) is 6.23. The number of hydrogen-bond acceptors (Lipinski definition) is 6. The molecule has 3 aromatic rings. The molecule has 7 heteroatoms. The summed E-state index contributed by atoms with van der Waals surface area (Å²) in [6, 6.07) is 14.9. The lowest BCUT2D eigenvalue weighted by atomic mass is 10.1. The summed E-state index contributed by atoms with van der Waals surface area (Å²) in [5, 5.41) is 11.2. The van der Waals surface area contributed by atoms with Gasteiger partial charge < -0.3 is 14.5 Å². The van der Waals surface area contributed by atoms with Gasteiger partial charge in [0.25, 0.3) is 5.22 Å². The highest BCUT2D eigenvalue weighted by atomic mass is 32.2. The van der Waals surface area contributed by atoms with Crippen molar-refractivity contribution in [3.63, 3.8) is 0 Å². The lowest BCUT2D eigenvalue weighted by Crippen LogP contribution is -2.13. The van der Waals surface area contributed by atoms with E-state index in [1.165, 1.54) is 11.8 Å². The van der Waals surface area contributed by atoms with Gasteiger partial charge in [-0.1, -0.05) is 29.5 Å². The maximum Gasteiger partial charge on any atom is 0.277 e. The van der Waals surface area contributed by atoms with Crippen molar-refractivity contribution in [3.05, 3.63) is 54.1 Å². The van der Waals surface area contributed by atoms with E-state index in [2.05, 4.69) is 15.5 Å². The van der Waals surface area contributed by atoms with Gasteiger partial charge in [-0.15, -0.1) is 10.2 Å². The zero-order chi connectivity index (χ0) is 17.6. The summed E-state index contributed by atoms with van der Waals surface area (Å²) in [7, 11) is 1.60. The number of hydrogen-bond donors (Lipinski definition) is 1. The molecule has 0 radical (unpaired) electrons. The Morgan fingerprint density at radius 3 is 2.72 bits per heavy atom. The summed E-state index contributed by atoms with van der Waals surface area (Å²) in [6.45, 7) is 2.00. The van der Waals surface area contributed by atoms with Gasteiger partial charge in [-0.25, -0.2) is 0 Å². The second-order valence-electron chi connectivity index (χ2n) is 5.31. The minimum Gasteiger partial charge on any atom is -0.497 e. The molecule has 25 heavy (non-hydrogen) atoms. The number of aryl methyl sites for hydroxylation is 1. The van der Waals surface area contributed by atoms with Crippen molar-refractivity contribution in [2.24, 2.45) is 0 Å². The van der Waals surface area contributed by atoms with Crippen molar-refractivity contribution in [2.75, 3.05) is 18.2 Å². The number of anilines is 1. The van der Waals surface area contributed by atoms with E-state index in [9.17, 15) is 4.79 Å². The van der Waals surface area contributed by atoms with Crippen LogP contribution in [0.4, 0.5) is 5.69 Å². The molecule has 0 bridgehead atoms. The van der Waals surface area contributed by atoms with Crippen LogP contribution in [0, 0.1) is 6.92 Å². The third-order valence-electron chi connectivity index (χ3n) is 3.37. The molecule has 0 atom stereocenters. The standard InChI is InChI=1S/C18H17N3O3S/c1-12-4-3-5-13(10-12)17-20-21-18(24-17)25-11-16(22)19-14-6-8-15(23-2)9-7-14/h3-10H,11H2,1-2H3,(H,19,22). The Kier molecular flexibility index (Phi) is 5.35. The molecule has 0 fully saturated rings.